The lowest BCUT2D eigenvalue weighted by Crippen LogP contribution is -2.44. The standard InChI is InChI=1S/C11H12N2OS2/c1-11(4-2-5-11)13-9(14)8-7(3-6-16-8)12-10(13)15/h3,6H,2,4-5H2,1H3,(H,12,15). The fourth-order valence-corrected chi connectivity index (χ4v) is 3.53. The first-order chi connectivity index (χ1) is 7.62. The number of fused-ring (bicyclic) bond motifs is 1. The average molecular weight is 252 g/mol. The lowest BCUT2D eigenvalue weighted by atomic mass is 9.78. The van der Waals surface area contributed by atoms with E-state index in [4.69, 9.17) is 12.2 Å². The van der Waals surface area contributed by atoms with E-state index in [-0.39, 0.29) is 11.1 Å². The number of H-pyrrole nitrogens is 1. The summed E-state index contributed by atoms with van der Waals surface area (Å²) in [4.78, 5) is 15.5. The molecule has 0 spiro atoms. The Hall–Kier alpha value is -0.940. The Balaban J connectivity index is 2.40. The van der Waals surface area contributed by atoms with E-state index < -0.39 is 0 Å². The number of hydrogen-bond donors (Lipinski definition) is 1. The molecule has 1 N–H and O–H groups in total. The normalized spacial score (nSPS) is 18.6. The van der Waals surface area contributed by atoms with Crippen molar-refractivity contribution in [2.45, 2.75) is 31.7 Å². The highest BCUT2D eigenvalue weighted by Crippen LogP contribution is 2.38. The summed E-state index contributed by atoms with van der Waals surface area (Å²) in [5.41, 5.74) is 0.859. The van der Waals surface area contributed by atoms with Gasteiger partial charge >= 0.3 is 0 Å². The van der Waals surface area contributed by atoms with Crippen molar-refractivity contribution in [2.75, 3.05) is 0 Å². The van der Waals surface area contributed by atoms with Gasteiger partial charge in [0.05, 0.1) is 5.52 Å². The lowest BCUT2D eigenvalue weighted by molar-refractivity contribution is 0.160. The van der Waals surface area contributed by atoms with Crippen molar-refractivity contribution in [3.63, 3.8) is 0 Å². The van der Waals surface area contributed by atoms with Crippen molar-refractivity contribution < 1.29 is 0 Å². The molecule has 84 valence electrons. The SMILES string of the molecule is CC1(n2c(=S)[nH]c3ccsc3c2=O)CCC1. The molecule has 2 aromatic heterocycles. The largest absolute Gasteiger partial charge is 0.331 e. The van der Waals surface area contributed by atoms with Crippen LogP contribution in [0.3, 0.4) is 0 Å². The van der Waals surface area contributed by atoms with Gasteiger partial charge in [-0.05, 0) is 49.9 Å². The summed E-state index contributed by atoms with van der Waals surface area (Å²) < 4.78 is 3.10. The number of aromatic nitrogens is 2. The molecule has 1 aliphatic rings. The molecule has 1 aliphatic carbocycles. The Kier molecular flexibility index (Phi) is 2.09. The monoisotopic (exact) mass is 252 g/mol. The molecular formula is C11H12N2OS2. The highest BCUT2D eigenvalue weighted by atomic mass is 32.1. The van der Waals surface area contributed by atoms with Crippen LogP contribution in [0.15, 0.2) is 16.2 Å². The van der Waals surface area contributed by atoms with Gasteiger partial charge in [-0.1, -0.05) is 0 Å². The van der Waals surface area contributed by atoms with Crippen LogP contribution < -0.4 is 5.56 Å². The summed E-state index contributed by atoms with van der Waals surface area (Å²) in [5, 5.41) is 1.92. The summed E-state index contributed by atoms with van der Waals surface area (Å²) in [7, 11) is 0. The molecule has 0 radical (unpaired) electrons. The molecule has 2 heterocycles. The highest BCUT2D eigenvalue weighted by Gasteiger charge is 2.35. The van der Waals surface area contributed by atoms with Crippen LogP contribution in [0.4, 0.5) is 0 Å². The Morgan fingerprint density at radius 3 is 2.94 bits per heavy atom. The van der Waals surface area contributed by atoms with Gasteiger partial charge in [0.15, 0.2) is 4.77 Å². The van der Waals surface area contributed by atoms with Crippen molar-refractivity contribution in [1.82, 2.24) is 9.55 Å². The van der Waals surface area contributed by atoms with E-state index in [2.05, 4.69) is 11.9 Å². The van der Waals surface area contributed by atoms with Crippen molar-refractivity contribution in [3.05, 3.63) is 26.6 Å². The van der Waals surface area contributed by atoms with Crippen LogP contribution in [0.2, 0.25) is 0 Å². The maximum atomic E-state index is 12.3. The number of nitrogens with zero attached hydrogens (tertiary/aromatic N) is 1. The molecule has 3 nitrogen and oxygen atoms in total. The Labute approximate surface area is 102 Å². The predicted molar refractivity (Wildman–Crippen MR) is 68.8 cm³/mol. The van der Waals surface area contributed by atoms with Crippen molar-refractivity contribution in [2.24, 2.45) is 0 Å². The first-order valence-electron chi connectivity index (χ1n) is 5.35. The molecular weight excluding hydrogens is 240 g/mol. The van der Waals surface area contributed by atoms with Gasteiger partial charge in [0, 0.05) is 5.54 Å². The number of nitrogens with one attached hydrogen (secondary N) is 1. The fourth-order valence-electron chi connectivity index (χ4n) is 2.34. The molecule has 2 aromatic rings. The Morgan fingerprint density at radius 1 is 1.56 bits per heavy atom. The molecule has 0 unspecified atom stereocenters. The number of rotatable bonds is 1. The van der Waals surface area contributed by atoms with Gasteiger partial charge in [0.1, 0.15) is 4.70 Å². The fraction of sp³-hybridized carbons (Fsp3) is 0.455. The van der Waals surface area contributed by atoms with Gasteiger partial charge in [-0.15, -0.1) is 11.3 Å². The summed E-state index contributed by atoms with van der Waals surface area (Å²) >= 11 is 6.77. The highest BCUT2D eigenvalue weighted by molar-refractivity contribution is 7.71. The van der Waals surface area contributed by atoms with Crippen LogP contribution in [0.1, 0.15) is 26.2 Å². The second kappa shape index (κ2) is 3.28. The Morgan fingerprint density at radius 2 is 2.31 bits per heavy atom. The molecule has 0 saturated heterocycles. The zero-order valence-electron chi connectivity index (χ0n) is 8.95. The molecule has 1 fully saturated rings. The first-order valence-corrected chi connectivity index (χ1v) is 6.64. The van der Waals surface area contributed by atoms with Gasteiger partial charge in [-0.25, -0.2) is 0 Å². The van der Waals surface area contributed by atoms with Crippen LogP contribution in [0.25, 0.3) is 10.2 Å². The van der Waals surface area contributed by atoms with Crippen LogP contribution in [-0.2, 0) is 5.54 Å². The van der Waals surface area contributed by atoms with Crippen LogP contribution in [-0.4, -0.2) is 9.55 Å². The summed E-state index contributed by atoms with van der Waals surface area (Å²) in [6.45, 7) is 2.11. The maximum Gasteiger partial charge on any atom is 0.272 e. The van der Waals surface area contributed by atoms with Gasteiger partial charge < -0.3 is 4.98 Å². The van der Waals surface area contributed by atoms with E-state index in [0.717, 1.165) is 23.1 Å². The topological polar surface area (TPSA) is 37.8 Å². The molecule has 0 amide bonds. The maximum absolute atomic E-state index is 12.3. The van der Waals surface area contributed by atoms with E-state index in [1.165, 1.54) is 17.8 Å². The van der Waals surface area contributed by atoms with Crippen molar-refractivity contribution >= 4 is 33.8 Å². The minimum absolute atomic E-state index is 0.0657. The van der Waals surface area contributed by atoms with Crippen LogP contribution in [0.5, 0.6) is 0 Å². The van der Waals surface area contributed by atoms with Gasteiger partial charge in [-0.2, -0.15) is 0 Å². The van der Waals surface area contributed by atoms with E-state index in [1.807, 2.05) is 11.4 Å². The predicted octanol–water partition coefficient (Wildman–Crippen LogP) is 3.02. The van der Waals surface area contributed by atoms with E-state index in [9.17, 15) is 4.79 Å². The molecule has 1 saturated carbocycles. The zero-order chi connectivity index (χ0) is 11.3. The number of thiophene rings is 1. The van der Waals surface area contributed by atoms with E-state index in [0.29, 0.717) is 4.77 Å². The summed E-state index contributed by atoms with van der Waals surface area (Å²) in [5.74, 6) is 0. The average Bonchev–Trinajstić information content (AvgIpc) is 2.63. The molecule has 0 atom stereocenters. The molecule has 0 bridgehead atoms. The summed E-state index contributed by atoms with van der Waals surface area (Å²) in [6, 6.07) is 1.91. The Bertz CT molecular complexity index is 660. The minimum Gasteiger partial charge on any atom is -0.331 e. The number of hydrogen-bond acceptors (Lipinski definition) is 3. The third kappa shape index (κ3) is 1.25. The van der Waals surface area contributed by atoms with Gasteiger partial charge in [-0.3, -0.25) is 9.36 Å². The molecule has 0 aliphatic heterocycles. The second-order valence-corrected chi connectivity index (χ2v) is 5.89. The van der Waals surface area contributed by atoms with E-state index in [1.54, 1.807) is 4.57 Å². The molecule has 3 rings (SSSR count). The smallest absolute Gasteiger partial charge is 0.272 e. The third-order valence-corrected chi connectivity index (χ3v) is 4.66. The zero-order valence-corrected chi connectivity index (χ0v) is 10.6. The summed E-state index contributed by atoms with van der Waals surface area (Å²) in [6.07, 6.45) is 3.27. The quantitative estimate of drug-likeness (QED) is 0.792. The van der Waals surface area contributed by atoms with Crippen molar-refractivity contribution in [3.8, 4) is 0 Å². The van der Waals surface area contributed by atoms with Crippen molar-refractivity contribution in [1.29, 1.82) is 0 Å². The minimum atomic E-state index is -0.0666. The first kappa shape index (κ1) is 10.2. The number of aromatic amines is 1. The molecule has 0 aromatic carbocycles. The molecule has 16 heavy (non-hydrogen) atoms. The molecule has 5 heteroatoms. The van der Waals surface area contributed by atoms with Crippen LogP contribution in [0, 0.1) is 4.77 Å². The second-order valence-electron chi connectivity index (χ2n) is 4.58. The lowest BCUT2D eigenvalue weighted by Gasteiger charge is -2.39. The van der Waals surface area contributed by atoms with E-state index >= 15 is 0 Å². The van der Waals surface area contributed by atoms with Crippen LogP contribution >= 0.6 is 23.6 Å². The third-order valence-electron chi connectivity index (χ3n) is 3.48. The van der Waals surface area contributed by atoms with Gasteiger partial charge in [0.25, 0.3) is 5.56 Å². The van der Waals surface area contributed by atoms with Gasteiger partial charge in [0.2, 0.25) is 0 Å².